The third kappa shape index (κ3) is 3.00. The van der Waals surface area contributed by atoms with Crippen LogP contribution in [0.15, 0.2) is 24.3 Å². The Hall–Kier alpha value is -3.30. The molecule has 1 amide bonds. The number of carbonyl (C=O) groups is 1. The van der Waals surface area contributed by atoms with Crippen LogP contribution in [0.2, 0.25) is 0 Å². The zero-order valence-corrected chi connectivity index (χ0v) is 10.7. The van der Waals surface area contributed by atoms with Crippen molar-refractivity contribution >= 4 is 23.1 Å². The number of rotatable bonds is 4. The van der Waals surface area contributed by atoms with Gasteiger partial charge in [-0.25, -0.2) is 0 Å². The summed E-state index contributed by atoms with van der Waals surface area (Å²) in [7, 11) is 0. The molecule has 0 radical (unpaired) electrons. The van der Waals surface area contributed by atoms with E-state index in [0.29, 0.717) is 5.56 Å². The SMILES string of the molecule is Cc1ccc(NC(=O)c2cc([N+](=O)[O-])[nH]n2)c([N+](=O)[O-])c1. The van der Waals surface area contributed by atoms with Gasteiger partial charge in [0.15, 0.2) is 5.69 Å². The second-order valence-electron chi connectivity index (χ2n) is 4.13. The summed E-state index contributed by atoms with van der Waals surface area (Å²) in [6.07, 6.45) is 0. The van der Waals surface area contributed by atoms with E-state index in [2.05, 4.69) is 15.5 Å². The van der Waals surface area contributed by atoms with E-state index in [1.54, 1.807) is 13.0 Å². The minimum absolute atomic E-state index is 0.0127. The third-order valence-corrected chi connectivity index (χ3v) is 2.59. The maximum absolute atomic E-state index is 11.9. The van der Waals surface area contributed by atoms with Gasteiger partial charge >= 0.3 is 5.82 Å². The lowest BCUT2D eigenvalue weighted by Crippen LogP contribution is -2.13. The predicted octanol–water partition coefficient (Wildman–Crippen LogP) is 1.79. The molecule has 21 heavy (non-hydrogen) atoms. The zero-order chi connectivity index (χ0) is 15.6. The van der Waals surface area contributed by atoms with Gasteiger partial charge in [-0.15, -0.1) is 5.10 Å². The van der Waals surface area contributed by atoms with Gasteiger partial charge < -0.3 is 15.4 Å². The summed E-state index contributed by atoms with van der Waals surface area (Å²) in [6, 6.07) is 5.22. The monoisotopic (exact) mass is 291 g/mol. The Morgan fingerprint density at radius 3 is 2.52 bits per heavy atom. The van der Waals surface area contributed by atoms with E-state index in [0.717, 1.165) is 6.07 Å². The number of amides is 1. The molecule has 0 aliphatic heterocycles. The number of aromatic nitrogens is 2. The number of hydrogen-bond acceptors (Lipinski definition) is 6. The Balaban J connectivity index is 2.27. The van der Waals surface area contributed by atoms with Crippen molar-refractivity contribution in [3.8, 4) is 0 Å². The summed E-state index contributed by atoms with van der Waals surface area (Å²) in [5.41, 5.74) is 0.140. The second kappa shape index (κ2) is 5.36. The molecule has 1 aromatic heterocycles. The van der Waals surface area contributed by atoms with E-state index >= 15 is 0 Å². The molecule has 0 atom stereocenters. The van der Waals surface area contributed by atoms with Crippen molar-refractivity contribution in [2.45, 2.75) is 6.92 Å². The van der Waals surface area contributed by atoms with Gasteiger partial charge in [-0.05, 0) is 23.5 Å². The first-order valence-electron chi connectivity index (χ1n) is 5.64. The molecule has 10 nitrogen and oxygen atoms in total. The molecule has 1 aromatic carbocycles. The van der Waals surface area contributed by atoms with Crippen molar-refractivity contribution in [2.75, 3.05) is 5.32 Å². The van der Waals surface area contributed by atoms with Gasteiger partial charge in [-0.2, -0.15) is 0 Å². The smallest absolute Gasteiger partial charge is 0.343 e. The Labute approximate surface area is 117 Å². The highest BCUT2D eigenvalue weighted by Crippen LogP contribution is 2.25. The van der Waals surface area contributed by atoms with E-state index in [9.17, 15) is 25.0 Å². The van der Waals surface area contributed by atoms with Crippen molar-refractivity contribution in [1.29, 1.82) is 0 Å². The standard InChI is InChI=1S/C11H9N5O5/c1-6-2-3-7(9(4-6)15(18)19)12-11(17)8-5-10(14-13-8)16(20)21/h2-5H,1H3,(H,12,17)(H,13,14). The van der Waals surface area contributed by atoms with E-state index in [4.69, 9.17) is 0 Å². The van der Waals surface area contributed by atoms with E-state index in [1.165, 1.54) is 12.1 Å². The number of hydrogen-bond donors (Lipinski definition) is 2. The Bertz CT molecular complexity index is 738. The fraction of sp³-hybridized carbons (Fsp3) is 0.0909. The van der Waals surface area contributed by atoms with Crippen LogP contribution in [0.4, 0.5) is 17.2 Å². The number of aromatic amines is 1. The summed E-state index contributed by atoms with van der Waals surface area (Å²) < 4.78 is 0. The van der Waals surface area contributed by atoms with Gasteiger partial charge in [0.2, 0.25) is 0 Å². The Kier molecular flexibility index (Phi) is 3.61. The molecule has 0 aliphatic carbocycles. The highest BCUT2D eigenvalue weighted by molar-refractivity contribution is 6.04. The zero-order valence-electron chi connectivity index (χ0n) is 10.7. The number of H-pyrrole nitrogens is 1. The van der Waals surface area contributed by atoms with Crippen LogP contribution in [0.1, 0.15) is 16.1 Å². The largest absolute Gasteiger partial charge is 0.358 e. The molecular weight excluding hydrogens is 282 g/mol. The number of nitrogens with zero attached hydrogens (tertiary/aromatic N) is 3. The molecule has 108 valence electrons. The van der Waals surface area contributed by atoms with Crippen LogP contribution in [-0.2, 0) is 0 Å². The van der Waals surface area contributed by atoms with Gasteiger partial charge in [0.25, 0.3) is 11.6 Å². The highest BCUT2D eigenvalue weighted by atomic mass is 16.6. The van der Waals surface area contributed by atoms with Crippen LogP contribution in [0.25, 0.3) is 0 Å². The molecule has 0 spiro atoms. The summed E-state index contributed by atoms with van der Waals surface area (Å²) in [4.78, 5) is 31.9. The first-order valence-corrected chi connectivity index (χ1v) is 5.64. The Morgan fingerprint density at radius 2 is 1.95 bits per heavy atom. The van der Waals surface area contributed by atoms with Gasteiger partial charge in [0, 0.05) is 6.07 Å². The second-order valence-corrected chi connectivity index (χ2v) is 4.13. The fourth-order valence-electron chi connectivity index (χ4n) is 1.61. The molecule has 2 aromatic rings. The number of aryl methyl sites for hydroxylation is 1. The van der Waals surface area contributed by atoms with Gasteiger partial charge in [-0.1, -0.05) is 11.2 Å². The lowest BCUT2D eigenvalue weighted by atomic mass is 10.2. The van der Waals surface area contributed by atoms with E-state index < -0.39 is 21.6 Å². The number of carbonyl (C=O) groups excluding carboxylic acids is 1. The summed E-state index contributed by atoms with van der Waals surface area (Å²) in [6.45, 7) is 1.68. The highest BCUT2D eigenvalue weighted by Gasteiger charge is 2.20. The van der Waals surface area contributed by atoms with Crippen molar-refractivity contribution < 1.29 is 14.6 Å². The number of anilines is 1. The van der Waals surface area contributed by atoms with Crippen LogP contribution >= 0.6 is 0 Å². The lowest BCUT2D eigenvalue weighted by Gasteiger charge is -2.04. The molecule has 0 unspecified atom stereocenters. The van der Waals surface area contributed by atoms with Crippen LogP contribution in [-0.4, -0.2) is 26.0 Å². The number of nitro groups is 2. The molecular formula is C11H9N5O5. The number of benzene rings is 1. The van der Waals surface area contributed by atoms with Crippen LogP contribution in [0.3, 0.4) is 0 Å². The maximum Gasteiger partial charge on any atom is 0.343 e. The van der Waals surface area contributed by atoms with Gasteiger partial charge in [0.05, 0.1) is 11.0 Å². The van der Waals surface area contributed by atoms with Crippen LogP contribution in [0, 0.1) is 27.2 Å². The predicted molar refractivity (Wildman–Crippen MR) is 71.0 cm³/mol. The van der Waals surface area contributed by atoms with Crippen LogP contribution in [0.5, 0.6) is 0 Å². The minimum Gasteiger partial charge on any atom is -0.358 e. The average Bonchev–Trinajstić information content (AvgIpc) is 2.90. The third-order valence-electron chi connectivity index (χ3n) is 2.59. The quantitative estimate of drug-likeness (QED) is 0.648. The molecule has 0 saturated carbocycles. The molecule has 0 aliphatic rings. The number of nitro benzene ring substituents is 1. The van der Waals surface area contributed by atoms with Crippen molar-refractivity contribution in [2.24, 2.45) is 0 Å². The van der Waals surface area contributed by atoms with Crippen molar-refractivity contribution in [3.05, 3.63) is 55.8 Å². The first kappa shape index (κ1) is 14.1. The number of nitrogens with one attached hydrogen (secondary N) is 2. The average molecular weight is 291 g/mol. The molecule has 2 rings (SSSR count). The topological polar surface area (TPSA) is 144 Å². The van der Waals surface area contributed by atoms with E-state index in [1.807, 2.05) is 0 Å². The van der Waals surface area contributed by atoms with Crippen molar-refractivity contribution in [3.63, 3.8) is 0 Å². The molecule has 2 N–H and O–H groups in total. The molecule has 0 fully saturated rings. The summed E-state index contributed by atoms with van der Waals surface area (Å²) in [5, 5.41) is 29.3. The van der Waals surface area contributed by atoms with Gasteiger partial charge in [0.1, 0.15) is 5.69 Å². The molecule has 0 bridgehead atoms. The van der Waals surface area contributed by atoms with Crippen LogP contribution < -0.4 is 5.32 Å². The maximum atomic E-state index is 11.9. The summed E-state index contributed by atoms with van der Waals surface area (Å²) in [5.74, 6) is -1.23. The molecule has 0 saturated heterocycles. The van der Waals surface area contributed by atoms with Gasteiger partial charge in [-0.3, -0.25) is 14.9 Å². The molecule has 1 heterocycles. The molecule has 10 heteroatoms. The van der Waals surface area contributed by atoms with Crippen molar-refractivity contribution in [1.82, 2.24) is 10.2 Å². The minimum atomic E-state index is -0.786. The first-order chi connectivity index (χ1) is 9.88. The lowest BCUT2D eigenvalue weighted by molar-refractivity contribution is -0.389. The summed E-state index contributed by atoms with van der Waals surface area (Å²) >= 11 is 0. The Morgan fingerprint density at radius 1 is 1.24 bits per heavy atom. The van der Waals surface area contributed by atoms with E-state index in [-0.39, 0.29) is 17.1 Å². The fourth-order valence-corrected chi connectivity index (χ4v) is 1.61. The normalized spacial score (nSPS) is 10.1.